The van der Waals surface area contributed by atoms with Crippen molar-refractivity contribution < 1.29 is 9.05 Å². The molecular weight excluding hydrogens is 231 g/mol. The number of rotatable bonds is 5. The van der Waals surface area contributed by atoms with E-state index in [0.717, 1.165) is 23.3 Å². The van der Waals surface area contributed by atoms with Gasteiger partial charge in [-0.25, -0.2) is 0 Å². The van der Waals surface area contributed by atoms with Crippen molar-refractivity contribution in [2.75, 3.05) is 0 Å². The second-order valence-electron chi connectivity index (χ2n) is 3.66. The standard InChI is InChI=1S/C14H15O2P/c1-3-11(2)15-17-16-14-10-6-8-12-7-4-5-9-13(12)14/h4-10,17H,2-3H2,1H3. The van der Waals surface area contributed by atoms with Crippen molar-refractivity contribution in [3.05, 3.63) is 54.8 Å². The van der Waals surface area contributed by atoms with Gasteiger partial charge in [-0.05, 0) is 11.5 Å². The molecule has 0 aromatic heterocycles. The Morgan fingerprint density at radius 2 is 1.94 bits per heavy atom. The molecule has 2 aromatic rings. The van der Waals surface area contributed by atoms with Crippen molar-refractivity contribution in [3.63, 3.8) is 0 Å². The van der Waals surface area contributed by atoms with Crippen LogP contribution in [0.15, 0.2) is 54.8 Å². The summed E-state index contributed by atoms with van der Waals surface area (Å²) in [6, 6.07) is 14.1. The minimum absolute atomic E-state index is 0.0394. The largest absolute Gasteiger partial charge is 0.446 e. The van der Waals surface area contributed by atoms with Gasteiger partial charge < -0.3 is 9.05 Å². The predicted octanol–water partition coefficient (Wildman–Crippen LogP) is 4.67. The van der Waals surface area contributed by atoms with E-state index < -0.39 is 0 Å². The van der Waals surface area contributed by atoms with Crippen LogP contribution in [0.4, 0.5) is 0 Å². The SMILES string of the molecule is C=C(CC)OPOc1cccc2ccccc12. The van der Waals surface area contributed by atoms with Gasteiger partial charge in [-0.3, -0.25) is 0 Å². The van der Waals surface area contributed by atoms with Crippen molar-refractivity contribution in [1.82, 2.24) is 0 Å². The Hall–Kier alpha value is -1.53. The maximum atomic E-state index is 5.64. The van der Waals surface area contributed by atoms with Crippen LogP contribution >= 0.6 is 9.03 Å². The second kappa shape index (κ2) is 5.70. The molecular formula is C14H15O2P. The van der Waals surface area contributed by atoms with Crippen molar-refractivity contribution in [2.24, 2.45) is 0 Å². The zero-order valence-corrected chi connectivity index (χ0v) is 10.8. The first-order valence-electron chi connectivity index (χ1n) is 5.55. The molecule has 2 aromatic carbocycles. The van der Waals surface area contributed by atoms with Gasteiger partial charge in [-0.15, -0.1) is 0 Å². The molecule has 0 saturated carbocycles. The molecule has 0 aliphatic rings. The fourth-order valence-electron chi connectivity index (χ4n) is 1.48. The van der Waals surface area contributed by atoms with Crippen LogP contribution in [0.2, 0.25) is 0 Å². The highest BCUT2D eigenvalue weighted by Gasteiger charge is 2.01. The lowest BCUT2D eigenvalue weighted by molar-refractivity contribution is 0.416. The first kappa shape index (κ1) is 11.9. The number of hydrogen-bond acceptors (Lipinski definition) is 2. The molecule has 0 saturated heterocycles. The Balaban J connectivity index is 2.11. The van der Waals surface area contributed by atoms with Gasteiger partial charge in [0.15, 0.2) is 0 Å². The Kier molecular flexibility index (Phi) is 4.00. The van der Waals surface area contributed by atoms with Gasteiger partial charge >= 0.3 is 0 Å². The molecule has 2 nitrogen and oxygen atoms in total. The fraction of sp³-hybridized carbons (Fsp3) is 0.143. The highest BCUT2D eigenvalue weighted by atomic mass is 31.1. The normalized spacial score (nSPS) is 10.9. The van der Waals surface area contributed by atoms with Gasteiger partial charge in [0.25, 0.3) is 9.03 Å². The Bertz CT molecular complexity index is 517. The molecule has 0 N–H and O–H groups in total. The number of fused-ring (bicyclic) bond motifs is 1. The zero-order valence-electron chi connectivity index (χ0n) is 9.77. The second-order valence-corrected chi connectivity index (χ2v) is 4.23. The summed E-state index contributed by atoms with van der Waals surface area (Å²) in [5, 5.41) is 2.28. The van der Waals surface area contributed by atoms with E-state index >= 15 is 0 Å². The van der Waals surface area contributed by atoms with Gasteiger partial charge in [0, 0.05) is 11.8 Å². The summed E-state index contributed by atoms with van der Waals surface area (Å²) in [5.41, 5.74) is 0. The number of allylic oxidation sites excluding steroid dienone is 1. The molecule has 2 rings (SSSR count). The summed E-state index contributed by atoms with van der Waals surface area (Å²) in [6.45, 7) is 5.78. The molecule has 0 amide bonds. The maximum Gasteiger partial charge on any atom is 0.275 e. The number of hydrogen-bond donors (Lipinski definition) is 0. The number of benzene rings is 2. The van der Waals surface area contributed by atoms with Gasteiger partial charge in [-0.1, -0.05) is 49.9 Å². The summed E-state index contributed by atoms with van der Waals surface area (Å²) in [7, 11) is -0.0394. The van der Waals surface area contributed by atoms with Crippen LogP contribution < -0.4 is 4.52 Å². The average molecular weight is 246 g/mol. The van der Waals surface area contributed by atoms with Gasteiger partial charge in [0.2, 0.25) is 0 Å². The summed E-state index contributed by atoms with van der Waals surface area (Å²) in [5.74, 6) is 1.61. The van der Waals surface area contributed by atoms with E-state index in [9.17, 15) is 0 Å². The van der Waals surface area contributed by atoms with Crippen molar-refractivity contribution in [1.29, 1.82) is 0 Å². The van der Waals surface area contributed by atoms with E-state index in [0.29, 0.717) is 0 Å². The van der Waals surface area contributed by atoms with Crippen LogP contribution in [0, 0.1) is 0 Å². The van der Waals surface area contributed by atoms with E-state index in [4.69, 9.17) is 9.05 Å². The monoisotopic (exact) mass is 246 g/mol. The predicted molar refractivity (Wildman–Crippen MR) is 73.4 cm³/mol. The Morgan fingerprint density at radius 3 is 2.76 bits per heavy atom. The molecule has 0 aliphatic heterocycles. The fourth-order valence-corrected chi connectivity index (χ4v) is 2.05. The molecule has 3 heteroatoms. The first-order valence-corrected chi connectivity index (χ1v) is 6.37. The van der Waals surface area contributed by atoms with E-state index in [1.165, 1.54) is 5.39 Å². The lowest BCUT2D eigenvalue weighted by Crippen LogP contribution is -1.84. The van der Waals surface area contributed by atoms with Crippen molar-refractivity contribution in [3.8, 4) is 5.75 Å². The lowest BCUT2D eigenvalue weighted by Gasteiger charge is -2.09. The average Bonchev–Trinajstić information content (AvgIpc) is 2.39. The van der Waals surface area contributed by atoms with E-state index in [1.807, 2.05) is 37.3 Å². The van der Waals surface area contributed by atoms with Crippen LogP contribution in [0.5, 0.6) is 5.75 Å². The van der Waals surface area contributed by atoms with E-state index in [1.54, 1.807) is 0 Å². The molecule has 0 heterocycles. The summed E-state index contributed by atoms with van der Waals surface area (Å²) < 4.78 is 11.0. The summed E-state index contributed by atoms with van der Waals surface area (Å²) in [6.07, 6.45) is 0.811. The highest BCUT2D eigenvalue weighted by Crippen LogP contribution is 2.31. The van der Waals surface area contributed by atoms with Crippen LogP contribution in [-0.4, -0.2) is 0 Å². The van der Waals surface area contributed by atoms with E-state index in [2.05, 4.69) is 18.7 Å². The minimum Gasteiger partial charge on any atom is -0.446 e. The molecule has 0 fully saturated rings. The molecule has 1 unspecified atom stereocenters. The lowest BCUT2D eigenvalue weighted by atomic mass is 10.1. The minimum atomic E-state index is -0.0394. The maximum absolute atomic E-state index is 5.64. The highest BCUT2D eigenvalue weighted by molar-refractivity contribution is 7.26. The third kappa shape index (κ3) is 2.98. The molecule has 0 radical (unpaired) electrons. The smallest absolute Gasteiger partial charge is 0.275 e. The van der Waals surface area contributed by atoms with Crippen molar-refractivity contribution in [2.45, 2.75) is 13.3 Å². The third-order valence-electron chi connectivity index (χ3n) is 2.48. The quantitative estimate of drug-likeness (QED) is 0.564. The Morgan fingerprint density at radius 1 is 1.18 bits per heavy atom. The zero-order chi connectivity index (χ0) is 12.1. The molecule has 0 aliphatic carbocycles. The summed E-state index contributed by atoms with van der Waals surface area (Å²) >= 11 is 0. The van der Waals surface area contributed by atoms with Crippen LogP contribution in [0.1, 0.15) is 13.3 Å². The van der Waals surface area contributed by atoms with Crippen LogP contribution in [0.25, 0.3) is 10.8 Å². The summed E-state index contributed by atoms with van der Waals surface area (Å²) in [4.78, 5) is 0. The molecule has 0 spiro atoms. The van der Waals surface area contributed by atoms with Gasteiger partial charge in [-0.2, -0.15) is 0 Å². The van der Waals surface area contributed by atoms with Gasteiger partial charge in [0.05, 0.1) is 5.76 Å². The molecule has 1 atom stereocenters. The van der Waals surface area contributed by atoms with Crippen LogP contribution in [-0.2, 0) is 4.52 Å². The topological polar surface area (TPSA) is 18.5 Å². The third-order valence-corrected chi connectivity index (χ3v) is 3.16. The van der Waals surface area contributed by atoms with E-state index in [-0.39, 0.29) is 9.03 Å². The molecule has 0 bridgehead atoms. The van der Waals surface area contributed by atoms with Crippen molar-refractivity contribution >= 4 is 19.8 Å². The van der Waals surface area contributed by atoms with Crippen LogP contribution in [0.3, 0.4) is 0 Å². The first-order chi connectivity index (χ1) is 8.31. The Labute approximate surface area is 103 Å². The van der Waals surface area contributed by atoms with Gasteiger partial charge in [0.1, 0.15) is 5.75 Å². The molecule has 88 valence electrons. The molecule has 17 heavy (non-hydrogen) atoms.